The van der Waals surface area contributed by atoms with E-state index in [2.05, 4.69) is 0 Å². The van der Waals surface area contributed by atoms with Crippen LogP contribution >= 0.6 is 11.6 Å². The van der Waals surface area contributed by atoms with Crippen molar-refractivity contribution in [3.05, 3.63) is 52.9 Å². The smallest absolute Gasteiger partial charge is 0.146 e. The summed E-state index contributed by atoms with van der Waals surface area (Å²) in [5, 5.41) is 0.561. The molecule has 1 aromatic carbocycles. The van der Waals surface area contributed by atoms with E-state index in [1.807, 2.05) is 37.3 Å². The number of hydrogen-bond acceptors (Lipinski definition) is 3. The second-order valence-corrected chi connectivity index (χ2v) is 4.25. The fourth-order valence-electron chi connectivity index (χ4n) is 1.46. The zero-order valence-electron chi connectivity index (χ0n) is 9.52. The average Bonchev–Trinajstić information content (AvgIpc) is 2.80. The Labute approximate surface area is 105 Å². The van der Waals surface area contributed by atoms with Gasteiger partial charge in [-0.25, -0.2) is 0 Å². The molecule has 0 saturated heterocycles. The van der Waals surface area contributed by atoms with Crippen LogP contribution in [-0.2, 0) is 6.61 Å². The SMILES string of the molecule is CC(N)c1ccc(OCc2ccco2)c(Cl)c1. The van der Waals surface area contributed by atoms with Gasteiger partial charge in [0.1, 0.15) is 18.1 Å². The summed E-state index contributed by atoms with van der Waals surface area (Å²) < 4.78 is 10.7. The van der Waals surface area contributed by atoms with Crippen LogP contribution in [0, 0.1) is 0 Å². The van der Waals surface area contributed by atoms with Crippen molar-refractivity contribution < 1.29 is 9.15 Å². The van der Waals surface area contributed by atoms with Gasteiger partial charge in [-0.2, -0.15) is 0 Å². The molecule has 0 aliphatic carbocycles. The molecule has 0 aliphatic heterocycles. The van der Waals surface area contributed by atoms with E-state index < -0.39 is 0 Å². The molecule has 17 heavy (non-hydrogen) atoms. The number of hydrogen-bond donors (Lipinski definition) is 1. The second kappa shape index (κ2) is 5.25. The summed E-state index contributed by atoms with van der Waals surface area (Å²) in [6, 6.07) is 9.19. The van der Waals surface area contributed by atoms with E-state index >= 15 is 0 Å². The number of ether oxygens (including phenoxy) is 1. The molecule has 90 valence electrons. The highest BCUT2D eigenvalue weighted by molar-refractivity contribution is 6.32. The third kappa shape index (κ3) is 3.02. The van der Waals surface area contributed by atoms with Crippen molar-refractivity contribution in [3.63, 3.8) is 0 Å². The maximum atomic E-state index is 6.10. The minimum atomic E-state index is -0.0355. The molecule has 2 rings (SSSR count). The molecule has 3 nitrogen and oxygen atoms in total. The molecular weight excluding hydrogens is 238 g/mol. The molecule has 4 heteroatoms. The molecule has 2 aromatic rings. The summed E-state index contributed by atoms with van der Waals surface area (Å²) in [7, 11) is 0. The molecule has 1 aromatic heterocycles. The lowest BCUT2D eigenvalue weighted by Gasteiger charge is -2.10. The van der Waals surface area contributed by atoms with Gasteiger partial charge in [-0.15, -0.1) is 0 Å². The molecule has 0 radical (unpaired) electrons. The predicted octanol–water partition coefficient (Wildman–Crippen LogP) is 3.53. The first-order chi connectivity index (χ1) is 8.16. The molecule has 0 amide bonds. The molecule has 2 N–H and O–H groups in total. The normalized spacial score (nSPS) is 12.4. The van der Waals surface area contributed by atoms with Gasteiger partial charge in [-0.3, -0.25) is 0 Å². The number of furan rings is 1. The van der Waals surface area contributed by atoms with Crippen LogP contribution in [0.3, 0.4) is 0 Å². The zero-order chi connectivity index (χ0) is 12.3. The van der Waals surface area contributed by atoms with Gasteiger partial charge in [0, 0.05) is 6.04 Å². The Morgan fingerprint density at radius 2 is 2.24 bits per heavy atom. The van der Waals surface area contributed by atoms with E-state index in [4.69, 9.17) is 26.5 Å². The summed E-state index contributed by atoms with van der Waals surface area (Å²) in [6.45, 7) is 2.28. The lowest BCUT2D eigenvalue weighted by atomic mass is 10.1. The van der Waals surface area contributed by atoms with Crippen LogP contribution in [0.25, 0.3) is 0 Å². The van der Waals surface area contributed by atoms with Gasteiger partial charge in [0.15, 0.2) is 0 Å². The first-order valence-electron chi connectivity index (χ1n) is 5.37. The van der Waals surface area contributed by atoms with Crippen molar-refractivity contribution in [3.8, 4) is 5.75 Å². The minimum Gasteiger partial charge on any atom is -0.484 e. The van der Waals surface area contributed by atoms with E-state index in [1.165, 1.54) is 0 Å². The summed E-state index contributed by atoms with van der Waals surface area (Å²) in [5.74, 6) is 1.39. The van der Waals surface area contributed by atoms with Crippen LogP contribution < -0.4 is 10.5 Å². The maximum Gasteiger partial charge on any atom is 0.146 e. The predicted molar refractivity (Wildman–Crippen MR) is 67.1 cm³/mol. The highest BCUT2D eigenvalue weighted by Gasteiger charge is 2.06. The fraction of sp³-hybridized carbons (Fsp3) is 0.231. The van der Waals surface area contributed by atoms with Crippen LogP contribution in [0.2, 0.25) is 5.02 Å². The Morgan fingerprint density at radius 3 is 2.82 bits per heavy atom. The van der Waals surface area contributed by atoms with E-state index in [-0.39, 0.29) is 6.04 Å². The Morgan fingerprint density at radius 1 is 1.41 bits per heavy atom. The molecule has 0 saturated carbocycles. The molecule has 0 fully saturated rings. The molecule has 0 spiro atoms. The Kier molecular flexibility index (Phi) is 3.71. The van der Waals surface area contributed by atoms with Crippen LogP contribution in [0.1, 0.15) is 24.3 Å². The van der Waals surface area contributed by atoms with Gasteiger partial charge >= 0.3 is 0 Å². The maximum absolute atomic E-state index is 6.10. The highest BCUT2D eigenvalue weighted by Crippen LogP contribution is 2.28. The Balaban J connectivity index is 2.06. The summed E-state index contributed by atoms with van der Waals surface area (Å²) in [4.78, 5) is 0. The van der Waals surface area contributed by atoms with Gasteiger partial charge in [0.25, 0.3) is 0 Å². The van der Waals surface area contributed by atoms with Crippen molar-refractivity contribution in [2.75, 3.05) is 0 Å². The molecule has 0 bridgehead atoms. The lowest BCUT2D eigenvalue weighted by Crippen LogP contribution is -2.05. The van der Waals surface area contributed by atoms with Crippen molar-refractivity contribution >= 4 is 11.6 Å². The summed E-state index contributed by atoms with van der Waals surface area (Å²) in [6.07, 6.45) is 1.61. The number of benzene rings is 1. The second-order valence-electron chi connectivity index (χ2n) is 3.85. The topological polar surface area (TPSA) is 48.4 Å². The van der Waals surface area contributed by atoms with E-state index in [0.717, 1.165) is 11.3 Å². The third-order valence-corrected chi connectivity index (χ3v) is 2.73. The largest absolute Gasteiger partial charge is 0.484 e. The monoisotopic (exact) mass is 251 g/mol. The van der Waals surface area contributed by atoms with Gasteiger partial charge in [0.2, 0.25) is 0 Å². The van der Waals surface area contributed by atoms with E-state index in [9.17, 15) is 0 Å². The molecule has 1 unspecified atom stereocenters. The number of nitrogens with two attached hydrogens (primary N) is 1. The van der Waals surface area contributed by atoms with Crippen molar-refractivity contribution in [2.45, 2.75) is 19.6 Å². The van der Waals surface area contributed by atoms with E-state index in [0.29, 0.717) is 17.4 Å². The first-order valence-corrected chi connectivity index (χ1v) is 5.75. The minimum absolute atomic E-state index is 0.0355. The molecule has 1 atom stereocenters. The summed E-state index contributed by atoms with van der Waals surface area (Å²) in [5.41, 5.74) is 6.76. The van der Waals surface area contributed by atoms with Crippen molar-refractivity contribution in [1.82, 2.24) is 0 Å². The van der Waals surface area contributed by atoms with Crippen LogP contribution in [0.5, 0.6) is 5.75 Å². The van der Waals surface area contributed by atoms with Crippen LogP contribution in [0.4, 0.5) is 0 Å². The van der Waals surface area contributed by atoms with Gasteiger partial charge in [-0.1, -0.05) is 17.7 Å². The van der Waals surface area contributed by atoms with Crippen molar-refractivity contribution in [2.24, 2.45) is 5.73 Å². The molecule has 0 aliphatic rings. The average molecular weight is 252 g/mol. The highest BCUT2D eigenvalue weighted by atomic mass is 35.5. The van der Waals surface area contributed by atoms with Crippen LogP contribution in [0.15, 0.2) is 41.0 Å². The molecular formula is C13H14ClNO2. The third-order valence-electron chi connectivity index (χ3n) is 2.43. The Bertz CT molecular complexity index is 480. The Hall–Kier alpha value is -1.45. The summed E-state index contributed by atoms with van der Waals surface area (Å²) >= 11 is 6.10. The van der Waals surface area contributed by atoms with Gasteiger partial charge in [-0.05, 0) is 36.8 Å². The fourth-order valence-corrected chi connectivity index (χ4v) is 1.70. The standard InChI is InChI=1S/C13H14ClNO2/c1-9(15)10-4-5-13(12(14)7-10)17-8-11-3-2-6-16-11/h2-7,9H,8,15H2,1H3. The zero-order valence-corrected chi connectivity index (χ0v) is 10.3. The number of halogens is 1. The van der Waals surface area contributed by atoms with Gasteiger partial charge in [0.05, 0.1) is 11.3 Å². The lowest BCUT2D eigenvalue weighted by molar-refractivity contribution is 0.270. The first kappa shape index (κ1) is 12.0. The number of rotatable bonds is 4. The van der Waals surface area contributed by atoms with Gasteiger partial charge < -0.3 is 14.9 Å². The van der Waals surface area contributed by atoms with Crippen molar-refractivity contribution in [1.29, 1.82) is 0 Å². The van der Waals surface area contributed by atoms with E-state index in [1.54, 1.807) is 6.26 Å². The quantitative estimate of drug-likeness (QED) is 0.904. The molecule has 1 heterocycles. The van der Waals surface area contributed by atoms with Crippen LogP contribution in [-0.4, -0.2) is 0 Å².